The third-order valence-corrected chi connectivity index (χ3v) is 5.51. The Kier molecular flexibility index (Phi) is 4.22. The highest BCUT2D eigenvalue weighted by molar-refractivity contribution is 5.95. The van der Waals surface area contributed by atoms with E-state index in [9.17, 15) is 13.6 Å². The fourth-order valence-electron chi connectivity index (χ4n) is 3.53. The van der Waals surface area contributed by atoms with Gasteiger partial charge in [0.15, 0.2) is 11.5 Å². The first-order valence-electron chi connectivity index (χ1n) is 9.78. The lowest BCUT2D eigenvalue weighted by Gasteiger charge is -2.23. The average Bonchev–Trinajstić information content (AvgIpc) is 3.61. The van der Waals surface area contributed by atoms with Gasteiger partial charge < -0.3 is 14.4 Å². The SMILES string of the molecule is O=C(c1cc2c(cc1F)OC(c1ccc(F)cc1)O2)N(CC1CC1)CC1CC1. The third kappa shape index (κ3) is 3.55. The first kappa shape index (κ1) is 17.5. The van der Waals surface area contributed by atoms with E-state index in [1.165, 1.54) is 24.3 Å². The van der Waals surface area contributed by atoms with Gasteiger partial charge >= 0.3 is 0 Å². The molecule has 1 aliphatic heterocycles. The lowest BCUT2D eigenvalue weighted by atomic mass is 10.1. The number of nitrogens with zero attached hydrogens (tertiary/aromatic N) is 1. The highest BCUT2D eigenvalue weighted by Crippen LogP contribution is 2.42. The summed E-state index contributed by atoms with van der Waals surface area (Å²) in [5, 5.41) is 0. The van der Waals surface area contributed by atoms with Crippen molar-refractivity contribution in [2.75, 3.05) is 13.1 Å². The van der Waals surface area contributed by atoms with Crippen LogP contribution in [0.2, 0.25) is 0 Å². The predicted molar refractivity (Wildman–Crippen MR) is 98.1 cm³/mol. The maximum absolute atomic E-state index is 14.7. The Morgan fingerprint density at radius 3 is 2.07 bits per heavy atom. The summed E-state index contributed by atoms with van der Waals surface area (Å²) >= 11 is 0. The fourth-order valence-corrected chi connectivity index (χ4v) is 3.53. The highest BCUT2D eigenvalue weighted by atomic mass is 19.1. The number of carbonyl (C=O) groups excluding carboxylic acids is 1. The van der Waals surface area contributed by atoms with Gasteiger partial charge in [0.1, 0.15) is 11.6 Å². The average molecular weight is 385 g/mol. The number of halogens is 2. The van der Waals surface area contributed by atoms with Gasteiger partial charge in [0.25, 0.3) is 12.2 Å². The Balaban J connectivity index is 1.37. The zero-order chi connectivity index (χ0) is 19.3. The minimum absolute atomic E-state index is 0.0170. The topological polar surface area (TPSA) is 38.8 Å². The van der Waals surface area contributed by atoms with Gasteiger partial charge in [-0.05, 0) is 67.9 Å². The van der Waals surface area contributed by atoms with Crippen LogP contribution in [0.3, 0.4) is 0 Å². The Bertz CT molecular complexity index is 893. The maximum atomic E-state index is 14.7. The van der Waals surface area contributed by atoms with Gasteiger partial charge in [-0.3, -0.25) is 4.79 Å². The molecule has 6 heteroatoms. The molecule has 2 fully saturated rings. The minimum Gasteiger partial charge on any atom is -0.447 e. The first-order valence-corrected chi connectivity index (χ1v) is 9.78. The number of fused-ring (bicyclic) bond motifs is 1. The van der Waals surface area contributed by atoms with Crippen LogP contribution in [0.1, 0.15) is 47.9 Å². The van der Waals surface area contributed by atoms with E-state index in [4.69, 9.17) is 9.47 Å². The van der Waals surface area contributed by atoms with Crippen molar-refractivity contribution in [1.82, 2.24) is 4.90 Å². The Hall–Kier alpha value is -2.63. The second-order valence-electron chi connectivity index (χ2n) is 7.99. The van der Waals surface area contributed by atoms with E-state index in [1.54, 1.807) is 17.0 Å². The van der Waals surface area contributed by atoms with Gasteiger partial charge in [-0.15, -0.1) is 0 Å². The van der Waals surface area contributed by atoms with Gasteiger partial charge in [0.2, 0.25) is 0 Å². The summed E-state index contributed by atoms with van der Waals surface area (Å²) in [6.07, 6.45) is 3.76. The van der Waals surface area contributed by atoms with E-state index in [2.05, 4.69) is 0 Å². The van der Waals surface area contributed by atoms with Crippen LogP contribution in [0.4, 0.5) is 8.78 Å². The molecule has 4 nitrogen and oxygen atoms in total. The molecular formula is C22H21F2NO3. The van der Waals surface area contributed by atoms with Crippen molar-refractivity contribution in [3.05, 3.63) is 59.2 Å². The fraction of sp³-hybridized carbons (Fsp3) is 0.409. The number of benzene rings is 2. The number of carbonyl (C=O) groups is 1. The van der Waals surface area contributed by atoms with Crippen LogP contribution >= 0.6 is 0 Å². The van der Waals surface area contributed by atoms with Crippen molar-refractivity contribution in [2.45, 2.75) is 32.0 Å². The van der Waals surface area contributed by atoms with Crippen LogP contribution < -0.4 is 9.47 Å². The summed E-state index contributed by atoms with van der Waals surface area (Å²) in [7, 11) is 0. The van der Waals surface area contributed by atoms with E-state index in [1.807, 2.05) is 0 Å². The molecule has 0 bridgehead atoms. The van der Waals surface area contributed by atoms with Crippen molar-refractivity contribution in [1.29, 1.82) is 0 Å². The first-order chi connectivity index (χ1) is 13.6. The molecule has 1 unspecified atom stereocenters. The van der Waals surface area contributed by atoms with Gasteiger partial charge in [-0.2, -0.15) is 0 Å². The quantitative estimate of drug-likeness (QED) is 0.724. The number of rotatable bonds is 6. The third-order valence-electron chi connectivity index (χ3n) is 5.51. The van der Waals surface area contributed by atoms with E-state index >= 15 is 0 Å². The number of amides is 1. The number of ether oxygens (including phenoxy) is 2. The second-order valence-corrected chi connectivity index (χ2v) is 7.99. The molecule has 0 spiro atoms. The van der Waals surface area contributed by atoms with Crippen LogP contribution in [-0.4, -0.2) is 23.9 Å². The summed E-state index contributed by atoms with van der Waals surface area (Å²) in [4.78, 5) is 14.8. The molecule has 2 aromatic carbocycles. The van der Waals surface area contributed by atoms with Crippen molar-refractivity contribution in [3.63, 3.8) is 0 Å². The standard InChI is InChI=1S/C22H21F2NO3/c23-16-7-5-15(6-8-16)22-27-19-9-17(18(24)10-20(19)28-22)21(26)25(11-13-1-2-13)12-14-3-4-14/h5-10,13-14,22H,1-4,11-12H2. The lowest BCUT2D eigenvalue weighted by Crippen LogP contribution is -2.35. The van der Waals surface area contributed by atoms with Crippen molar-refractivity contribution < 1.29 is 23.0 Å². The highest BCUT2D eigenvalue weighted by Gasteiger charge is 2.34. The van der Waals surface area contributed by atoms with Gasteiger partial charge in [-0.25, -0.2) is 8.78 Å². The molecule has 146 valence electrons. The molecular weight excluding hydrogens is 364 g/mol. The Morgan fingerprint density at radius 2 is 1.50 bits per heavy atom. The normalized spacial score (nSPS) is 20.3. The van der Waals surface area contributed by atoms with Crippen molar-refractivity contribution in [2.24, 2.45) is 11.8 Å². The molecule has 1 atom stereocenters. The summed E-state index contributed by atoms with van der Waals surface area (Å²) in [5.74, 6) is 0.419. The van der Waals surface area contributed by atoms with E-state index in [0.29, 0.717) is 36.2 Å². The zero-order valence-electron chi connectivity index (χ0n) is 15.4. The lowest BCUT2D eigenvalue weighted by molar-refractivity contribution is 0.0485. The summed E-state index contributed by atoms with van der Waals surface area (Å²) in [6, 6.07) is 8.38. The molecule has 0 aromatic heterocycles. The predicted octanol–water partition coefficient (Wildman–Crippen LogP) is 4.70. The molecule has 2 saturated carbocycles. The monoisotopic (exact) mass is 385 g/mol. The molecule has 0 radical (unpaired) electrons. The van der Waals surface area contributed by atoms with Crippen LogP contribution in [0.5, 0.6) is 11.5 Å². The second kappa shape index (κ2) is 6.76. The Labute approximate surface area is 162 Å². The molecule has 1 heterocycles. The summed E-state index contributed by atoms with van der Waals surface area (Å²) in [6.45, 7) is 1.39. The molecule has 2 aromatic rings. The minimum atomic E-state index is -0.783. The van der Waals surface area contributed by atoms with Gasteiger partial charge in [0.05, 0.1) is 5.56 Å². The van der Waals surface area contributed by atoms with Gasteiger partial charge in [0, 0.05) is 24.7 Å². The molecule has 3 aliphatic rings. The van der Waals surface area contributed by atoms with Crippen LogP contribution in [0.15, 0.2) is 36.4 Å². The largest absolute Gasteiger partial charge is 0.447 e. The van der Waals surface area contributed by atoms with Crippen molar-refractivity contribution >= 4 is 5.91 Å². The van der Waals surface area contributed by atoms with Crippen LogP contribution in [0.25, 0.3) is 0 Å². The molecule has 5 rings (SSSR count). The van der Waals surface area contributed by atoms with E-state index in [-0.39, 0.29) is 23.0 Å². The van der Waals surface area contributed by atoms with E-state index < -0.39 is 12.1 Å². The summed E-state index contributed by atoms with van der Waals surface area (Å²) in [5.41, 5.74) is 0.637. The number of hydrogen-bond acceptors (Lipinski definition) is 3. The maximum Gasteiger partial charge on any atom is 0.267 e. The number of hydrogen-bond donors (Lipinski definition) is 0. The van der Waals surface area contributed by atoms with Crippen LogP contribution in [-0.2, 0) is 0 Å². The molecule has 28 heavy (non-hydrogen) atoms. The smallest absolute Gasteiger partial charge is 0.267 e. The van der Waals surface area contributed by atoms with Crippen molar-refractivity contribution in [3.8, 4) is 11.5 Å². The molecule has 0 N–H and O–H groups in total. The molecule has 0 saturated heterocycles. The zero-order valence-corrected chi connectivity index (χ0v) is 15.4. The van der Waals surface area contributed by atoms with E-state index in [0.717, 1.165) is 25.7 Å². The molecule has 2 aliphatic carbocycles. The molecule has 1 amide bonds. The summed E-state index contributed by atoms with van der Waals surface area (Å²) < 4.78 is 39.2. The van der Waals surface area contributed by atoms with Gasteiger partial charge in [-0.1, -0.05) is 0 Å². The van der Waals surface area contributed by atoms with Crippen LogP contribution in [0, 0.1) is 23.5 Å². The Morgan fingerprint density at radius 1 is 0.929 bits per heavy atom.